The molecule has 0 saturated carbocycles. The van der Waals surface area contributed by atoms with Gasteiger partial charge in [0.25, 0.3) is 0 Å². The molecule has 2 N–H and O–H groups in total. The Labute approximate surface area is 140 Å². The third kappa shape index (κ3) is 6.22. The van der Waals surface area contributed by atoms with Crippen LogP contribution in [-0.2, 0) is 4.79 Å². The molecule has 1 aromatic rings. The summed E-state index contributed by atoms with van der Waals surface area (Å²) in [5.41, 5.74) is 1.18. The van der Waals surface area contributed by atoms with Crippen molar-refractivity contribution in [3.05, 3.63) is 29.8 Å². The van der Waals surface area contributed by atoms with E-state index in [-0.39, 0.29) is 12.0 Å². The molecule has 1 heterocycles. The monoisotopic (exact) mass is 318 g/mol. The number of carbonyl (C=O) groups excluding carboxylic acids is 1. The van der Waals surface area contributed by atoms with Gasteiger partial charge in [-0.3, -0.25) is 4.79 Å². The first-order chi connectivity index (χ1) is 11.0. The molecule has 2 rings (SSSR count). The van der Waals surface area contributed by atoms with Gasteiger partial charge in [0.1, 0.15) is 11.9 Å². The lowest BCUT2D eigenvalue weighted by molar-refractivity contribution is -0.122. The van der Waals surface area contributed by atoms with Crippen molar-refractivity contribution < 1.29 is 9.53 Å². The Balaban J connectivity index is 1.68. The molecule has 2 atom stereocenters. The van der Waals surface area contributed by atoms with Gasteiger partial charge < -0.3 is 15.4 Å². The van der Waals surface area contributed by atoms with Gasteiger partial charge in [0.05, 0.1) is 6.54 Å². The van der Waals surface area contributed by atoms with Gasteiger partial charge in [0.15, 0.2) is 0 Å². The van der Waals surface area contributed by atoms with E-state index in [1.54, 1.807) is 0 Å². The summed E-state index contributed by atoms with van der Waals surface area (Å²) in [5, 5.41) is 6.38. The van der Waals surface area contributed by atoms with Crippen molar-refractivity contribution >= 4 is 5.91 Å². The Morgan fingerprint density at radius 3 is 2.78 bits per heavy atom. The Bertz CT molecular complexity index is 498. The Kier molecular flexibility index (Phi) is 6.90. The fourth-order valence-electron chi connectivity index (χ4n) is 3.16. The van der Waals surface area contributed by atoms with E-state index in [0.29, 0.717) is 24.8 Å². The number of carbonyl (C=O) groups is 1. The highest BCUT2D eigenvalue weighted by Gasteiger charge is 2.22. The summed E-state index contributed by atoms with van der Waals surface area (Å²) < 4.78 is 5.84. The van der Waals surface area contributed by atoms with E-state index in [1.807, 2.05) is 38.1 Å². The Morgan fingerprint density at radius 1 is 1.35 bits per heavy atom. The summed E-state index contributed by atoms with van der Waals surface area (Å²) in [6, 6.07) is 7.99. The first-order valence-electron chi connectivity index (χ1n) is 8.75. The van der Waals surface area contributed by atoms with E-state index >= 15 is 0 Å². The fourth-order valence-corrected chi connectivity index (χ4v) is 3.16. The lowest BCUT2D eigenvalue weighted by atomic mass is 9.84. The van der Waals surface area contributed by atoms with Gasteiger partial charge in [-0.15, -0.1) is 0 Å². The molecule has 0 bridgehead atoms. The zero-order valence-corrected chi connectivity index (χ0v) is 14.6. The van der Waals surface area contributed by atoms with Crippen LogP contribution < -0.4 is 15.4 Å². The van der Waals surface area contributed by atoms with Crippen molar-refractivity contribution in [3.63, 3.8) is 0 Å². The van der Waals surface area contributed by atoms with Gasteiger partial charge in [-0.1, -0.05) is 19.1 Å². The third-order valence-corrected chi connectivity index (χ3v) is 4.61. The number of piperidine rings is 1. The summed E-state index contributed by atoms with van der Waals surface area (Å²) in [6.07, 6.45) is 2.94. The lowest BCUT2D eigenvalue weighted by Gasteiger charge is -2.28. The van der Waals surface area contributed by atoms with Crippen molar-refractivity contribution in [3.8, 4) is 5.75 Å². The summed E-state index contributed by atoms with van der Waals surface area (Å²) in [6.45, 7) is 8.93. The van der Waals surface area contributed by atoms with E-state index in [9.17, 15) is 4.79 Å². The topological polar surface area (TPSA) is 50.4 Å². The number of ether oxygens (including phenoxy) is 1. The van der Waals surface area contributed by atoms with E-state index < -0.39 is 0 Å². The summed E-state index contributed by atoms with van der Waals surface area (Å²) in [7, 11) is 0. The van der Waals surface area contributed by atoms with Crippen LogP contribution in [0.25, 0.3) is 0 Å². The molecule has 2 unspecified atom stereocenters. The zero-order valence-electron chi connectivity index (χ0n) is 14.6. The standard InChI is InChI=1S/C19H30N2O2/c1-14-5-4-6-18(11-14)23-16(3)13-21-19(22)12-15(2)17-7-9-20-10-8-17/h4-6,11,15-17,20H,7-10,12-13H2,1-3H3,(H,21,22). The second-order valence-corrected chi connectivity index (χ2v) is 6.82. The molecule has 0 spiro atoms. The average Bonchev–Trinajstić information content (AvgIpc) is 2.54. The third-order valence-electron chi connectivity index (χ3n) is 4.61. The second-order valence-electron chi connectivity index (χ2n) is 6.82. The average molecular weight is 318 g/mol. The van der Waals surface area contributed by atoms with Crippen LogP contribution in [0.4, 0.5) is 0 Å². The first-order valence-corrected chi connectivity index (χ1v) is 8.75. The number of benzene rings is 1. The number of rotatable bonds is 7. The van der Waals surface area contributed by atoms with Gasteiger partial charge in [-0.2, -0.15) is 0 Å². The van der Waals surface area contributed by atoms with Gasteiger partial charge >= 0.3 is 0 Å². The number of nitrogens with one attached hydrogen (secondary N) is 2. The minimum Gasteiger partial charge on any atom is -0.489 e. The highest BCUT2D eigenvalue weighted by atomic mass is 16.5. The SMILES string of the molecule is Cc1cccc(OC(C)CNC(=O)CC(C)C2CCNCC2)c1. The molecule has 4 heteroatoms. The van der Waals surface area contributed by atoms with Crippen LogP contribution in [-0.4, -0.2) is 31.6 Å². The molecule has 1 aliphatic rings. The molecule has 1 aliphatic heterocycles. The molecule has 1 fully saturated rings. The highest BCUT2D eigenvalue weighted by molar-refractivity contribution is 5.76. The minimum absolute atomic E-state index is 0.0325. The first kappa shape index (κ1) is 17.8. The molecule has 0 radical (unpaired) electrons. The maximum atomic E-state index is 12.1. The van der Waals surface area contributed by atoms with Crippen LogP contribution in [0.3, 0.4) is 0 Å². The molecule has 1 aromatic carbocycles. The summed E-state index contributed by atoms with van der Waals surface area (Å²) in [5.74, 6) is 2.11. The van der Waals surface area contributed by atoms with E-state index in [2.05, 4.69) is 17.6 Å². The number of aryl methyl sites for hydroxylation is 1. The Hall–Kier alpha value is -1.55. The van der Waals surface area contributed by atoms with Crippen LogP contribution in [0.2, 0.25) is 0 Å². The van der Waals surface area contributed by atoms with Crippen LogP contribution in [0.1, 0.15) is 38.7 Å². The molecule has 128 valence electrons. The van der Waals surface area contributed by atoms with Gasteiger partial charge in [-0.05, 0) is 69.3 Å². The molecule has 4 nitrogen and oxygen atoms in total. The van der Waals surface area contributed by atoms with E-state index in [4.69, 9.17) is 4.74 Å². The molecule has 0 aromatic heterocycles. The Morgan fingerprint density at radius 2 is 2.09 bits per heavy atom. The van der Waals surface area contributed by atoms with Crippen molar-refractivity contribution in [1.82, 2.24) is 10.6 Å². The summed E-state index contributed by atoms with van der Waals surface area (Å²) in [4.78, 5) is 12.1. The lowest BCUT2D eigenvalue weighted by Crippen LogP contribution is -2.36. The zero-order chi connectivity index (χ0) is 16.7. The van der Waals surface area contributed by atoms with Gasteiger partial charge in [0, 0.05) is 6.42 Å². The molecular weight excluding hydrogens is 288 g/mol. The molecule has 0 aliphatic carbocycles. The number of hydrogen-bond donors (Lipinski definition) is 2. The van der Waals surface area contributed by atoms with Gasteiger partial charge in [-0.25, -0.2) is 0 Å². The predicted octanol–water partition coefficient (Wildman–Crippen LogP) is 2.90. The van der Waals surface area contributed by atoms with Crippen LogP contribution >= 0.6 is 0 Å². The minimum atomic E-state index is -0.0325. The maximum absolute atomic E-state index is 12.1. The highest BCUT2D eigenvalue weighted by Crippen LogP contribution is 2.24. The van der Waals surface area contributed by atoms with Crippen molar-refractivity contribution in [1.29, 1.82) is 0 Å². The smallest absolute Gasteiger partial charge is 0.220 e. The maximum Gasteiger partial charge on any atom is 0.220 e. The molecular formula is C19H30N2O2. The molecule has 23 heavy (non-hydrogen) atoms. The normalized spacial score (nSPS) is 18.2. The quantitative estimate of drug-likeness (QED) is 0.813. The van der Waals surface area contributed by atoms with Crippen LogP contribution in [0.5, 0.6) is 5.75 Å². The molecule has 1 saturated heterocycles. The van der Waals surface area contributed by atoms with Crippen LogP contribution in [0.15, 0.2) is 24.3 Å². The number of amides is 1. The largest absolute Gasteiger partial charge is 0.489 e. The molecule has 1 amide bonds. The van der Waals surface area contributed by atoms with Crippen molar-refractivity contribution in [2.45, 2.75) is 46.1 Å². The number of hydrogen-bond acceptors (Lipinski definition) is 3. The fraction of sp³-hybridized carbons (Fsp3) is 0.632. The predicted molar refractivity (Wildman–Crippen MR) is 93.7 cm³/mol. The van der Waals surface area contributed by atoms with E-state index in [0.717, 1.165) is 18.8 Å². The summed E-state index contributed by atoms with van der Waals surface area (Å²) >= 11 is 0. The van der Waals surface area contributed by atoms with Gasteiger partial charge in [0.2, 0.25) is 5.91 Å². The van der Waals surface area contributed by atoms with Crippen LogP contribution in [0, 0.1) is 18.8 Å². The second kappa shape index (κ2) is 8.92. The van der Waals surface area contributed by atoms with Crippen molar-refractivity contribution in [2.75, 3.05) is 19.6 Å². The van der Waals surface area contributed by atoms with E-state index in [1.165, 1.54) is 18.4 Å². The van der Waals surface area contributed by atoms with Crippen molar-refractivity contribution in [2.24, 2.45) is 11.8 Å².